The Hall–Kier alpha value is -0.610. The van der Waals surface area contributed by atoms with Crippen LogP contribution in [0.5, 0.6) is 0 Å². The molecule has 18 heavy (non-hydrogen) atoms. The molecule has 1 saturated carbocycles. The van der Waals surface area contributed by atoms with E-state index in [9.17, 15) is 4.79 Å². The number of methoxy groups -OCH3 is 1. The van der Waals surface area contributed by atoms with E-state index in [0.29, 0.717) is 11.3 Å². The van der Waals surface area contributed by atoms with Gasteiger partial charge in [-0.3, -0.25) is 4.79 Å². The number of amides is 1. The van der Waals surface area contributed by atoms with Crippen LogP contribution < -0.4 is 10.6 Å². The van der Waals surface area contributed by atoms with E-state index in [-0.39, 0.29) is 11.8 Å². The van der Waals surface area contributed by atoms with Gasteiger partial charge in [-0.05, 0) is 43.7 Å². The number of nitrogens with one attached hydrogen (secondary N) is 2. The lowest BCUT2D eigenvalue weighted by molar-refractivity contribution is -0.127. The molecule has 4 nitrogen and oxygen atoms in total. The van der Waals surface area contributed by atoms with E-state index in [4.69, 9.17) is 4.74 Å². The fourth-order valence-corrected chi connectivity index (χ4v) is 2.82. The third kappa shape index (κ3) is 3.04. The van der Waals surface area contributed by atoms with E-state index < -0.39 is 0 Å². The third-order valence-corrected chi connectivity index (χ3v) is 4.82. The maximum absolute atomic E-state index is 12.1. The van der Waals surface area contributed by atoms with E-state index in [2.05, 4.69) is 10.6 Å². The quantitative estimate of drug-likeness (QED) is 0.717. The number of ether oxygens (including phenoxy) is 1. The van der Waals surface area contributed by atoms with E-state index in [0.717, 1.165) is 32.7 Å². The smallest absolute Gasteiger partial charge is 0.223 e. The number of carbonyl (C=O) groups excluding carboxylic acids is 1. The van der Waals surface area contributed by atoms with Gasteiger partial charge in [-0.15, -0.1) is 0 Å². The van der Waals surface area contributed by atoms with Gasteiger partial charge in [0.1, 0.15) is 0 Å². The molecule has 1 aliphatic carbocycles. The molecular weight excluding hydrogens is 228 g/mol. The first-order valence-corrected chi connectivity index (χ1v) is 7.14. The summed E-state index contributed by atoms with van der Waals surface area (Å²) in [6.07, 6.45) is 4.83. The molecule has 2 rings (SSSR count). The predicted octanol–water partition coefficient (Wildman–Crippen LogP) is 1.16. The average Bonchev–Trinajstić information content (AvgIpc) is 2.24. The van der Waals surface area contributed by atoms with Crippen molar-refractivity contribution >= 4 is 5.91 Å². The SMILES string of the molecule is COCCC1(CNC(=O)C(C)C2CNC2)CCC1. The van der Waals surface area contributed by atoms with Crippen molar-refractivity contribution in [2.45, 2.75) is 32.6 Å². The van der Waals surface area contributed by atoms with Gasteiger partial charge in [0.2, 0.25) is 5.91 Å². The van der Waals surface area contributed by atoms with E-state index in [1.165, 1.54) is 19.3 Å². The van der Waals surface area contributed by atoms with Crippen molar-refractivity contribution in [1.29, 1.82) is 0 Å². The molecule has 2 aliphatic rings. The van der Waals surface area contributed by atoms with Gasteiger partial charge in [-0.25, -0.2) is 0 Å². The topological polar surface area (TPSA) is 50.4 Å². The molecular formula is C14H26N2O2. The Morgan fingerprint density at radius 2 is 2.22 bits per heavy atom. The molecule has 0 aromatic carbocycles. The van der Waals surface area contributed by atoms with Gasteiger partial charge in [0.25, 0.3) is 0 Å². The molecule has 0 aromatic rings. The fourth-order valence-electron chi connectivity index (χ4n) is 2.82. The highest BCUT2D eigenvalue weighted by atomic mass is 16.5. The number of rotatable bonds is 7. The highest BCUT2D eigenvalue weighted by molar-refractivity contribution is 5.78. The Morgan fingerprint density at radius 1 is 1.50 bits per heavy atom. The predicted molar refractivity (Wildman–Crippen MR) is 71.3 cm³/mol. The van der Waals surface area contributed by atoms with Crippen molar-refractivity contribution in [1.82, 2.24) is 10.6 Å². The van der Waals surface area contributed by atoms with Crippen LogP contribution in [0, 0.1) is 17.3 Å². The molecule has 0 radical (unpaired) electrons. The summed E-state index contributed by atoms with van der Waals surface area (Å²) in [6.45, 7) is 5.66. The Bertz CT molecular complexity index is 286. The van der Waals surface area contributed by atoms with Crippen LogP contribution in [-0.2, 0) is 9.53 Å². The second kappa shape index (κ2) is 6.02. The van der Waals surface area contributed by atoms with Gasteiger partial charge >= 0.3 is 0 Å². The summed E-state index contributed by atoms with van der Waals surface area (Å²) in [5.74, 6) is 0.900. The first kappa shape index (κ1) is 13.8. The first-order chi connectivity index (χ1) is 8.67. The Labute approximate surface area is 110 Å². The zero-order valence-corrected chi connectivity index (χ0v) is 11.6. The zero-order chi connectivity index (χ0) is 13.0. The highest BCUT2D eigenvalue weighted by Gasteiger charge is 2.37. The molecule has 0 bridgehead atoms. The summed E-state index contributed by atoms with van der Waals surface area (Å²) < 4.78 is 5.17. The molecule has 1 atom stereocenters. The molecule has 4 heteroatoms. The van der Waals surface area contributed by atoms with E-state index in [1.807, 2.05) is 6.92 Å². The lowest BCUT2D eigenvalue weighted by atomic mass is 9.66. The van der Waals surface area contributed by atoms with Gasteiger partial charge in [0.05, 0.1) is 0 Å². The monoisotopic (exact) mass is 254 g/mol. The first-order valence-electron chi connectivity index (χ1n) is 7.14. The molecule has 2 N–H and O–H groups in total. The summed E-state index contributed by atoms with van der Waals surface area (Å²) >= 11 is 0. The third-order valence-electron chi connectivity index (χ3n) is 4.82. The van der Waals surface area contributed by atoms with Crippen LogP contribution in [0.4, 0.5) is 0 Å². The maximum atomic E-state index is 12.1. The van der Waals surface area contributed by atoms with Gasteiger partial charge in [0.15, 0.2) is 0 Å². The zero-order valence-electron chi connectivity index (χ0n) is 11.6. The maximum Gasteiger partial charge on any atom is 0.223 e. The summed E-state index contributed by atoms with van der Waals surface area (Å²) in [4.78, 5) is 12.1. The fraction of sp³-hybridized carbons (Fsp3) is 0.929. The van der Waals surface area contributed by atoms with E-state index >= 15 is 0 Å². The average molecular weight is 254 g/mol. The van der Waals surface area contributed by atoms with Gasteiger partial charge in [-0.2, -0.15) is 0 Å². The van der Waals surface area contributed by atoms with Crippen molar-refractivity contribution in [3.8, 4) is 0 Å². The molecule has 0 aromatic heterocycles. The van der Waals surface area contributed by atoms with E-state index in [1.54, 1.807) is 7.11 Å². The van der Waals surface area contributed by atoms with Crippen molar-refractivity contribution in [2.75, 3.05) is 33.4 Å². The lowest BCUT2D eigenvalue weighted by Gasteiger charge is -2.42. The Balaban J connectivity index is 1.73. The molecule has 1 amide bonds. The molecule has 2 fully saturated rings. The molecule has 1 saturated heterocycles. The van der Waals surface area contributed by atoms with Gasteiger partial charge in [0, 0.05) is 26.2 Å². The number of carbonyl (C=O) groups is 1. The standard InChI is InChI=1S/C14H26N2O2/c1-11(12-8-15-9-12)13(17)16-10-14(4-3-5-14)6-7-18-2/h11-12,15H,3-10H2,1-2H3,(H,16,17). The number of hydrogen-bond donors (Lipinski definition) is 2. The van der Waals surface area contributed by atoms with Crippen molar-refractivity contribution in [3.63, 3.8) is 0 Å². The van der Waals surface area contributed by atoms with Crippen LogP contribution in [0.2, 0.25) is 0 Å². The van der Waals surface area contributed by atoms with Gasteiger partial charge < -0.3 is 15.4 Å². The second-order valence-electron chi connectivity index (χ2n) is 6.02. The van der Waals surface area contributed by atoms with Crippen molar-refractivity contribution in [2.24, 2.45) is 17.3 Å². The van der Waals surface area contributed by atoms with Crippen molar-refractivity contribution < 1.29 is 9.53 Å². The number of hydrogen-bond acceptors (Lipinski definition) is 3. The molecule has 1 aliphatic heterocycles. The van der Waals surface area contributed by atoms with Crippen molar-refractivity contribution in [3.05, 3.63) is 0 Å². The van der Waals surface area contributed by atoms with Crippen LogP contribution in [0.15, 0.2) is 0 Å². The Morgan fingerprint density at radius 3 is 2.67 bits per heavy atom. The van der Waals surface area contributed by atoms with Gasteiger partial charge in [-0.1, -0.05) is 13.3 Å². The molecule has 1 heterocycles. The molecule has 104 valence electrons. The van der Waals surface area contributed by atoms with Crippen LogP contribution in [0.1, 0.15) is 32.6 Å². The summed E-state index contributed by atoms with van der Waals surface area (Å²) in [7, 11) is 1.75. The molecule has 0 spiro atoms. The summed E-state index contributed by atoms with van der Waals surface area (Å²) in [5, 5.41) is 6.38. The minimum atomic E-state index is 0.144. The van der Waals surface area contributed by atoms with Crippen LogP contribution in [0.3, 0.4) is 0 Å². The Kier molecular flexibility index (Phi) is 4.62. The molecule has 1 unspecified atom stereocenters. The normalized spacial score (nSPS) is 23.9. The van der Waals surface area contributed by atoms with Crippen LogP contribution in [0.25, 0.3) is 0 Å². The van der Waals surface area contributed by atoms with Crippen LogP contribution >= 0.6 is 0 Å². The second-order valence-corrected chi connectivity index (χ2v) is 6.02. The van der Waals surface area contributed by atoms with Crippen LogP contribution in [-0.4, -0.2) is 39.3 Å². The largest absolute Gasteiger partial charge is 0.385 e. The lowest BCUT2D eigenvalue weighted by Crippen LogP contribution is -2.51. The minimum Gasteiger partial charge on any atom is -0.385 e. The minimum absolute atomic E-state index is 0.144. The highest BCUT2D eigenvalue weighted by Crippen LogP contribution is 2.43. The summed E-state index contributed by atoms with van der Waals surface area (Å²) in [5.41, 5.74) is 0.323. The summed E-state index contributed by atoms with van der Waals surface area (Å²) in [6, 6.07) is 0.